The number of aryl methyl sites for hydroxylation is 1. The summed E-state index contributed by atoms with van der Waals surface area (Å²) in [6, 6.07) is 2.47. The van der Waals surface area contributed by atoms with Crippen molar-refractivity contribution in [1.82, 2.24) is 20.1 Å². The fourth-order valence-electron chi connectivity index (χ4n) is 1.68. The Hall–Kier alpha value is -1.55. The van der Waals surface area contributed by atoms with Crippen LogP contribution in [0.2, 0.25) is 0 Å². The van der Waals surface area contributed by atoms with Gasteiger partial charge in [0, 0.05) is 43.3 Å². The average molecular weight is 218 g/mol. The van der Waals surface area contributed by atoms with Crippen LogP contribution in [0.4, 0.5) is 0 Å². The average Bonchev–Trinajstić information content (AvgIpc) is 2.96. The highest BCUT2D eigenvalue weighted by Gasteiger charge is 2.05. The number of H-pyrrole nitrogens is 1. The molecule has 2 aromatic heterocycles. The van der Waals surface area contributed by atoms with E-state index >= 15 is 0 Å². The molecule has 4 nitrogen and oxygen atoms in total. The third kappa shape index (κ3) is 2.52. The second-order valence-electron chi connectivity index (χ2n) is 3.98. The molecule has 0 fully saturated rings. The first-order valence-corrected chi connectivity index (χ1v) is 5.66. The number of hydrogen-bond acceptors (Lipinski definition) is 2. The molecule has 86 valence electrons. The van der Waals surface area contributed by atoms with Crippen LogP contribution in [0, 0.1) is 0 Å². The smallest absolute Gasteiger partial charge is 0.0534 e. The van der Waals surface area contributed by atoms with E-state index < -0.39 is 0 Å². The van der Waals surface area contributed by atoms with Gasteiger partial charge in [-0.2, -0.15) is 5.10 Å². The molecule has 0 radical (unpaired) electrons. The van der Waals surface area contributed by atoms with Crippen molar-refractivity contribution in [2.75, 3.05) is 0 Å². The van der Waals surface area contributed by atoms with Gasteiger partial charge in [-0.1, -0.05) is 0 Å². The molecule has 0 bridgehead atoms. The molecule has 0 saturated carbocycles. The fourth-order valence-corrected chi connectivity index (χ4v) is 1.68. The standard InChI is InChI=1S/C12H18N4/c1-3-16-5-4-11(9-16)6-13-10(2)12-7-14-15-8-12/h4-5,7-10,13H,3,6H2,1-2H3,(H,14,15). The van der Waals surface area contributed by atoms with Crippen LogP contribution in [0.3, 0.4) is 0 Å². The molecule has 1 unspecified atom stereocenters. The summed E-state index contributed by atoms with van der Waals surface area (Å²) in [7, 11) is 0. The first kappa shape index (κ1) is 11.0. The SMILES string of the molecule is CCn1ccc(CNC(C)c2cn[nH]c2)c1. The molecule has 2 aromatic rings. The molecule has 0 saturated heterocycles. The van der Waals surface area contributed by atoms with Crippen LogP contribution in [0.15, 0.2) is 30.9 Å². The van der Waals surface area contributed by atoms with E-state index in [9.17, 15) is 0 Å². The van der Waals surface area contributed by atoms with Gasteiger partial charge >= 0.3 is 0 Å². The number of rotatable bonds is 5. The van der Waals surface area contributed by atoms with Crippen LogP contribution in [0.5, 0.6) is 0 Å². The Labute approximate surface area is 95.7 Å². The van der Waals surface area contributed by atoms with E-state index in [0.717, 1.165) is 13.1 Å². The number of hydrogen-bond donors (Lipinski definition) is 2. The van der Waals surface area contributed by atoms with E-state index in [0.29, 0.717) is 6.04 Å². The molecule has 0 aliphatic rings. The molecule has 1 atom stereocenters. The summed E-state index contributed by atoms with van der Waals surface area (Å²) in [5.41, 5.74) is 2.51. The van der Waals surface area contributed by atoms with E-state index in [1.165, 1.54) is 11.1 Å². The van der Waals surface area contributed by atoms with Crippen LogP contribution in [0.25, 0.3) is 0 Å². The van der Waals surface area contributed by atoms with Crippen molar-refractivity contribution in [1.29, 1.82) is 0 Å². The van der Waals surface area contributed by atoms with Crippen molar-refractivity contribution in [2.45, 2.75) is 33.0 Å². The van der Waals surface area contributed by atoms with Crippen LogP contribution >= 0.6 is 0 Å². The van der Waals surface area contributed by atoms with Gasteiger partial charge in [-0.05, 0) is 25.5 Å². The molecule has 2 heterocycles. The van der Waals surface area contributed by atoms with Crippen molar-refractivity contribution in [3.05, 3.63) is 42.0 Å². The highest BCUT2D eigenvalue weighted by atomic mass is 15.1. The highest BCUT2D eigenvalue weighted by Crippen LogP contribution is 2.10. The van der Waals surface area contributed by atoms with Crippen molar-refractivity contribution in [2.24, 2.45) is 0 Å². The minimum absolute atomic E-state index is 0.323. The van der Waals surface area contributed by atoms with Crippen molar-refractivity contribution in [3.63, 3.8) is 0 Å². The lowest BCUT2D eigenvalue weighted by molar-refractivity contribution is 0.574. The van der Waals surface area contributed by atoms with Gasteiger partial charge < -0.3 is 9.88 Å². The van der Waals surface area contributed by atoms with Gasteiger partial charge in [0.25, 0.3) is 0 Å². The summed E-state index contributed by atoms with van der Waals surface area (Å²) < 4.78 is 2.18. The topological polar surface area (TPSA) is 45.6 Å². The Morgan fingerprint density at radius 2 is 2.44 bits per heavy atom. The van der Waals surface area contributed by atoms with Gasteiger partial charge in [-0.15, -0.1) is 0 Å². The maximum Gasteiger partial charge on any atom is 0.0534 e. The molecule has 2 N–H and O–H groups in total. The summed E-state index contributed by atoms with van der Waals surface area (Å²) in [5, 5.41) is 10.2. The van der Waals surface area contributed by atoms with Gasteiger partial charge in [0.05, 0.1) is 6.20 Å². The van der Waals surface area contributed by atoms with Gasteiger partial charge in [0.15, 0.2) is 0 Å². The Morgan fingerprint density at radius 3 is 3.06 bits per heavy atom. The zero-order valence-corrected chi connectivity index (χ0v) is 9.77. The lowest BCUT2D eigenvalue weighted by atomic mass is 10.2. The lowest BCUT2D eigenvalue weighted by Crippen LogP contribution is -2.17. The Morgan fingerprint density at radius 1 is 1.56 bits per heavy atom. The molecule has 0 aromatic carbocycles. The molecule has 4 heteroatoms. The van der Waals surface area contributed by atoms with Crippen molar-refractivity contribution >= 4 is 0 Å². The van der Waals surface area contributed by atoms with E-state index in [1.807, 2.05) is 12.4 Å². The molecule has 0 amide bonds. The minimum atomic E-state index is 0.323. The number of nitrogens with zero attached hydrogens (tertiary/aromatic N) is 2. The molecular weight excluding hydrogens is 200 g/mol. The van der Waals surface area contributed by atoms with Crippen LogP contribution in [-0.4, -0.2) is 14.8 Å². The zero-order valence-electron chi connectivity index (χ0n) is 9.77. The summed E-state index contributed by atoms with van der Waals surface area (Å²) in [6.07, 6.45) is 8.07. The summed E-state index contributed by atoms with van der Waals surface area (Å²) in [5.74, 6) is 0. The van der Waals surface area contributed by atoms with Crippen molar-refractivity contribution < 1.29 is 0 Å². The Balaban J connectivity index is 1.87. The minimum Gasteiger partial charge on any atom is -0.354 e. The Bertz CT molecular complexity index is 416. The second kappa shape index (κ2) is 4.99. The van der Waals surface area contributed by atoms with Crippen LogP contribution < -0.4 is 5.32 Å². The first-order chi connectivity index (χ1) is 7.79. The predicted octanol–water partition coefficient (Wildman–Crippen LogP) is 2.08. The first-order valence-electron chi connectivity index (χ1n) is 5.66. The predicted molar refractivity (Wildman–Crippen MR) is 63.9 cm³/mol. The number of aromatic amines is 1. The number of aromatic nitrogens is 3. The normalized spacial score (nSPS) is 12.9. The van der Waals surface area contributed by atoms with Gasteiger partial charge in [0.2, 0.25) is 0 Å². The summed E-state index contributed by atoms with van der Waals surface area (Å²) in [6.45, 7) is 6.20. The third-order valence-corrected chi connectivity index (χ3v) is 2.81. The second-order valence-corrected chi connectivity index (χ2v) is 3.98. The van der Waals surface area contributed by atoms with Gasteiger partial charge in [0.1, 0.15) is 0 Å². The Kier molecular flexibility index (Phi) is 3.41. The monoisotopic (exact) mass is 218 g/mol. The number of nitrogens with one attached hydrogen (secondary N) is 2. The molecule has 0 aliphatic carbocycles. The largest absolute Gasteiger partial charge is 0.354 e. The fraction of sp³-hybridized carbons (Fsp3) is 0.417. The molecule has 16 heavy (non-hydrogen) atoms. The molecule has 2 rings (SSSR count). The molecular formula is C12H18N4. The van der Waals surface area contributed by atoms with Gasteiger partial charge in [-0.3, -0.25) is 5.10 Å². The van der Waals surface area contributed by atoms with E-state index in [-0.39, 0.29) is 0 Å². The third-order valence-electron chi connectivity index (χ3n) is 2.81. The lowest BCUT2D eigenvalue weighted by Gasteiger charge is -2.10. The van der Waals surface area contributed by atoms with E-state index in [4.69, 9.17) is 0 Å². The van der Waals surface area contributed by atoms with Crippen LogP contribution in [0.1, 0.15) is 31.0 Å². The zero-order chi connectivity index (χ0) is 11.4. The van der Waals surface area contributed by atoms with Crippen LogP contribution in [-0.2, 0) is 13.1 Å². The maximum absolute atomic E-state index is 3.95. The van der Waals surface area contributed by atoms with Gasteiger partial charge in [-0.25, -0.2) is 0 Å². The van der Waals surface area contributed by atoms with E-state index in [1.54, 1.807) is 0 Å². The maximum atomic E-state index is 3.95. The molecule has 0 aliphatic heterocycles. The summed E-state index contributed by atoms with van der Waals surface area (Å²) >= 11 is 0. The molecule has 0 spiro atoms. The summed E-state index contributed by atoms with van der Waals surface area (Å²) in [4.78, 5) is 0. The van der Waals surface area contributed by atoms with Crippen molar-refractivity contribution in [3.8, 4) is 0 Å². The highest BCUT2D eigenvalue weighted by molar-refractivity contribution is 5.12. The van der Waals surface area contributed by atoms with E-state index in [2.05, 4.69) is 52.4 Å². The quantitative estimate of drug-likeness (QED) is 0.807.